The van der Waals surface area contributed by atoms with Crippen molar-refractivity contribution in [3.63, 3.8) is 0 Å². The third kappa shape index (κ3) is 6.08. The molecule has 3 aliphatic heterocycles. The standard InChI is InChI=1S/C25H28O9S2/c1-12(26)31-11-20-21(30)23(32-13(2)27)24(33-14(3)28)22(34-20)18-9-15(4-5-19(18)29)8-17-10-16-6-7-35-25(16)36-17/h4-7,9-10,16,20-25,29-30H,8,11H2,1-3H3/t16?,20-,21-,22+,23?,24+,25?/m1/s1. The lowest BCUT2D eigenvalue weighted by Gasteiger charge is -2.43. The summed E-state index contributed by atoms with van der Waals surface area (Å²) in [5.74, 6) is -1.69. The topological polar surface area (TPSA) is 129 Å². The molecule has 4 rings (SSSR count). The first-order chi connectivity index (χ1) is 17.1. The summed E-state index contributed by atoms with van der Waals surface area (Å²) in [5.41, 5.74) is 1.20. The predicted molar refractivity (Wildman–Crippen MR) is 133 cm³/mol. The molecule has 3 unspecified atom stereocenters. The van der Waals surface area contributed by atoms with Crippen LogP contribution in [0.1, 0.15) is 38.0 Å². The first-order valence-corrected chi connectivity index (χ1v) is 13.3. The van der Waals surface area contributed by atoms with E-state index in [4.69, 9.17) is 18.9 Å². The van der Waals surface area contributed by atoms with E-state index < -0.39 is 48.4 Å². The maximum absolute atomic E-state index is 12.0. The predicted octanol–water partition coefficient (Wildman–Crippen LogP) is 3.00. The van der Waals surface area contributed by atoms with Crippen molar-refractivity contribution in [2.45, 2.75) is 62.3 Å². The van der Waals surface area contributed by atoms with E-state index in [1.54, 1.807) is 23.9 Å². The van der Waals surface area contributed by atoms with E-state index in [1.807, 2.05) is 11.8 Å². The van der Waals surface area contributed by atoms with E-state index in [0.717, 1.165) is 12.5 Å². The number of hydrogen-bond acceptors (Lipinski definition) is 11. The zero-order chi connectivity index (χ0) is 26.0. The SMILES string of the molecule is CC(=O)OC[C@H]1O[C@@H](c2cc(CC3=CC4C=CSC4S3)ccc2O)[C@H](OC(C)=O)C(OC(C)=O)[C@@H]1O. The molecule has 0 radical (unpaired) electrons. The Morgan fingerprint density at radius 3 is 2.44 bits per heavy atom. The van der Waals surface area contributed by atoms with Crippen LogP contribution in [0.2, 0.25) is 0 Å². The molecule has 3 aliphatic rings. The number of phenols is 1. The van der Waals surface area contributed by atoms with Gasteiger partial charge in [0.05, 0.1) is 4.58 Å². The number of thioether (sulfide) groups is 2. The number of benzene rings is 1. The molecule has 0 spiro atoms. The highest BCUT2D eigenvalue weighted by atomic mass is 32.2. The summed E-state index contributed by atoms with van der Waals surface area (Å²) >= 11 is 3.60. The van der Waals surface area contributed by atoms with Crippen LogP contribution in [0, 0.1) is 5.92 Å². The van der Waals surface area contributed by atoms with Crippen LogP contribution in [-0.4, -0.2) is 63.7 Å². The smallest absolute Gasteiger partial charge is 0.303 e. The van der Waals surface area contributed by atoms with Crippen molar-refractivity contribution < 1.29 is 43.5 Å². The summed E-state index contributed by atoms with van der Waals surface area (Å²) in [6.07, 6.45) is -1.18. The third-order valence-electron chi connectivity index (χ3n) is 5.97. The number of fused-ring (bicyclic) bond motifs is 1. The molecule has 1 aromatic rings. The molecule has 194 valence electrons. The number of hydrogen-bond donors (Lipinski definition) is 2. The highest BCUT2D eigenvalue weighted by Crippen LogP contribution is 2.49. The fourth-order valence-electron chi connectivity index (χ4n) is 4.44. The maximum atomic E-state index is 12.0. The maximum Gasteiger partial charge on any atom is 0.303 e. The van der Waals surface area contributed by atoms with Gasteiger partial charge < -0.3 is 29.2 Å². The van der Waals surface area contributed by atoms with Gasteiger partial charge in [0.25, 0.3) is 0 Å². The zero-order valence-electron chi connectivity index (χ0n) is 20.0. The van der Waals surface area contributed by atoms with Crippen LogP contribution in [0.5, 0.6) is 5.75 Å². The van der Waals surface area contributed by atoms with Crippen LogP contribution < -0.4 is 0 Å². The second kappa shape index (κ2) is 11.3. The van der Waals surface area contributed by atoms with Crippen LogP contribution >= 0.6 is 23.5 Å². The molecule has 1 aromatic carbocycles. The fourth-order valence-corrected chi connectivity index (χ4v) is 7.12. The average molecular weight is 537 g/mol. The third-order valence-corrected chi connectivity index (χ3v) is 8.62. The van der Waals surface area contributed by atoms with Crippen molar-refractivity contribution in [3.05, 3.63) is 51.8 Å². The van der Waals surface area contributed by atoms with Gasteiger partial charge in [0, 0.05) is 38.7 Å². The number of aromatic hydroxyl groups is 1. The van der Waals surface area contributed by atoms with Crippen molar-refractivity contribution in [2.24, 2.45) is 5.92 Å². The van der Waals surface area contributed by atoms with E-state index in [9.17, 15) is 24.6 Å². The summed E-state index contributed by atoms with van der Waals surface area (Å²) in [7, 11) is 0. The number of carbonyl (C=O) groups is 3. The Morgan fingerprint density at radius 2 is 1.78 bits per heavy atom. The largest absolute Gasteiger partial charge is 0.508 e. The Hall–Kier alpha value is -2.47. The molecule has 0 bridgehead atoms. The van der Waals surface area contributed by atoms with Crippen molar-refractivity contribution in [1.82, 2.24) is 0 Å². The molecular formula is C25H28O9S2. The van der Waals surface area contributed by atoms with E-state index in [1.165, 1.54) is 24.8 Å². The number of phenolic OH excluding ortho intramolecular Hbond substituents is 1. The number of aliphatic hydroxyl groups is 1. The van der Waals surface area contributed by atoms with Gasteiger partial charge in [0.2, 0.25) is 0 Å². The number of rotatable bonds is 7. The number of esters is 3. The molecule has 0 amide bonds. The van der Waals surface area contributed by atoms with Crippen LogP contribution in [0.25, 0.3) is 0 Å². The molecule has 7 atom stereocenters. The fraction of sp³-hybridized carbons (Fsp3) is 0.480. The second-order valence-corrected chi connectivity index (χ2v) is 11.4. The highest BCUT2D eigenvalue weighted by Gasteiger charge is 2.50. The van der Waals surface area contributed by atoms with Crippen molar-refractivity contribution in [3.8, 4) is 5.75 Å². The molecule has 3 heterocycles. The lowest BCUT2D eigenvalue weighted by Crippen LogP contribution is -2.58. The summed E-state index contributed by atoms with van der Waals surface area (Å²) in [6, 6.07) is 5.08. The van der Waals surface area contributed by atoms with E-state index in [0.29, 0.717) is 22.5 Å². The van der Waals surface area contributed by atoms with Crippen LogP contribution in [0.4, 0.5) is 0 Å². The van der Waals surface area contributed by atoms with Gasteiger partial charge in [-0.1, -0.05) is 18.2 Å². The number of ether oxygens (including phenoxy) is 4. The quantitative estimate of drug-likeness (QED) is 0.394. The van der Waals surface area contributed by atoms with Gasteiger partial charge >= 0.3 is 17.9 Å². The first kappa shape index (κ1) is 26.6. The average Bonchev–Trinajstić information content (AvgIpc) is 3.38. The monoisotopic (exact) mass is 536 g/mol. The van der Waals surface area contributed by atoms with E-state index >= 15 is 0 Å². The van der Waals surface area contributed by atoms with E-state index in [-0.39, 0.29) is 12.4 Å². The highest BCUT2D eigenvalue weighted by molar-refractivity contribution is 8.20. The first-order valence-electron chi connectivity index (χ1n) is 11.4. The Morgan fingerprint density at radius 1 is 1.06 bits per heavy atom. The number of aliphatic hydroxyl groups excluding tert-OH is 1. The van der Waals surface area contributed by atoms with E-state index in [2.05, 4.69) is 17.6 Å². The van der Waals surface area contributed by atoms with Gasteiger partial charge in [-0.15, -0.1) is 23.5 Å². The molecule has 9 nitrogen and oxygen atoms in total. The minimum Gasteiger partial charge on any atom is -0.508 e. The molecule has 0 saturated carbocycles. The number of allylic oxidation sites excluding steroid dienone is 3. The summed E-state index contributed by atoms with van der Waals surface area (Å²) in [6.45, 7) is 3.24. The summed E-state index contributed by atoms with van der Waals surface area (Å²) < 4.78 is 22.3. The van der Waals surface area contributed by atoms with Gasteiger partial charge in [-0.2, -0.15) is 0 Å². The normalized spacial score (nSPS) is 30.9. The van der Waals surface area contributed by atoms with Gasteiger partial charge in [-0.25, -0.2) is 0 Å². The number of carbonyl (C=O) groups excluding carboxylic acids is 3. The van der Waals surface area contributed by atoms with Gasteiger partial charge in [-0.3, -0.25) is 14.4 Å². The molecule has 11 heteroatoms. The van der Waals surface area contributed by atoms with Gasteiger partial charge in [0.1, 0.15) is 30.7 Å². The molecular weight excluding hydrogens is 508 g/mol. The molecule has 0 aliphatic carbocycles. The van der Waals surface area contributed by atoms with Crippen LogP contribution in [-0.2, 0) is 39.8 Å². The molecule has 2 N–H and O–H groups in total. The van der Waals surface area contributed by atoms with Gasteiger partial charge in [-0.05, 0) is 28.0 Å². The molecule has 1 saturated heterocycles. The van der Waals surface area contributed by atoms with Crippen LogP contribution in [0.15, 0.2) is 40.7 Å². The van der Waals surface area contributed by atoms with Gasteiger partial charge in [0.15, 0.2) is 12.2 Å². The molecule has 1 fully saturated rings. The Labute approximate surface area is 217 Å². The Balaban J connectivity index is 1.66. The summed E-state index contributed by atoms with van der Waals surface area (Å²) in [4.78, 5) is 36.4. The van der Waals surface area contributed by atoms with Crippen molar-refractivity contribution in [1.29, 1.82) is 0 Å². The van der Waals surface area contributed by atoms with Crippen LogP contribution in [0.3, 0.4) is 0 Å². The lowest BCUT2D eigenvalue weighted by atomic mass is 9.89. The zero-order valence-corrected chi connectivity index (χ0v) is 21.6. The second-order valence-electron chi connectivity index (χ2n) is 8.77. The lowest BCUT2D eigenvalue weighted by molar-refractivity contribution is -0.249. The molecule has 0 aromatic heterocycles. The minimum atomic E-state index is -1.45. The Kier molecular flexibility index (Phi) is 8.34. The molecule has 36 heavy (non-hydrogen) atoms. The van der Waals surface area contributed by atoms with Crippen molar-refractivity contribution in [2.75, 3.05) is 6.61 Å². The van der Waals surface area contributed by atoms with Crippen molar-refractivity contribution >= 4 is 41.4 Å². The Bertz CT molecular complexity index is 1090. The summed E-state index contributed by atoms with van der Waals surface area (Å²) in [5, 5.41) is 23.7. The minimum absolute atomic E-state index is 0.117.